The molecular formula is C29H32O5. The lowest BCUT2D eigenvalue weighted by atomic mass is 9.47. The van der Waals surface area contributed by atoms with Crippen molar-refractivity contribution in [1.29, 1.82) is 0 Å². The third-order valence-electron chi connectivity index (χ3n) is 8.04. The lowest BCUT2D eigenvalue weighted by Crippen LogP contribution is -2.49. The van der Waals surface area contributed by atoms with E-state index in [1.165, 1.54) is 19.3 Å². The highest BCUT2D eigenvalue weighted by atomic mass is 16.6. The molecule has 4 fully saturated rings. The van der Waals surface area contributed by atoms with Crippen molar-refractivity contribution in [2.75, 3.05) is 13.7 Å². The van der Waals surface area contributed by atoms with Crippen molar-refractivity contribution in [2.24, 2.45) is 17.8 Å². The van der Waals surface area contributed by atoms with Crippen LogP contribution in [-0.4, -0.2) is 25.7 Å². The molecule has 6 rings (SSSR count). The summed E-state index contributed by atoms with van der Waals surface area (Å²) in [5, 5.41) is 0. The zero-order chi connectivity index (χ0) is 23.9. The van der Waals surface area contributed by atoms with Crippen LogP contribution in [0.4, 0.5) is 0 Å². The second-order valence-corrected chi connectivity index (χ2v) is 10.3. The van der Waals surface area contributed by atoms with Crippen molar-refractivity contribution in [3.63, 3.8) is 0 Å². The number of rotatable bonds is 7. The molecule has 0 heterocycles. The number of carbonyl (C=O) groups excluding carboxylic acids is 2. The summed E-state index contributed by atoms with van der Waals surface area (Å²) >= 11 is 0. The van der Waals surface area contributed by atoms with Crippen molar-refractivity contribution in [3.05, 3.63) is 71.3 Å². The Bertz CT molecular complexity index is 1080. The summed E-state index contributed by atoms with van der Waals surface area (Å²) < 4.78 is 17.3. The van der Waals surface area contributed by atoms with Gasteiger partial charge in [-0.2, -0.15) is 0 Å². The van der Waals surface area contributed by atoms with Crippen molar-refractivity contribution in [1.82, 2.24) is 0 Å². The molecule has 4 saturated carbocycles. The van der Waals surface area contributed by atoms with Gasteiger partial charge in [-0.05, 0) is 87.0 Å². The van der Waals surface area contributed by atoms with E-state index in [4.69, 9.17) is 14.2 Å². The first-order valence-electron chi connectivity index (χ1n) is 12.2. The smallest absolute Gasteiger partial charge is 0.343 e. The molecule has 4 aliphatic rings. The molecule has 34 heavy (non-hydrogen) atoms. The Labute approximate surface area is 201 Å². The molecule has 0 saturated heterocycles. The van der Waals surface area contributed by atoms with Crippen LogP contribution < -0.4 is 9.47 Å². The van der Waals surface area contributed by atoms with Gasteiger partial charge in [-0.15, -0.1) is 0 Å². The minimum atomic E-state index is -0.482. The van der Waals surface area contributed by atoms with Gasteiger partial charge in [0, 0.05) is 11.0 Å². The van der Waals surface area contributed by atoms with Gasteiger partial charge in [0.1, 0.15) is 6.61 Å². The minimum absolute atomic E-state index is 0.0627. The molecule has 5 nitrogen and oxygen atoms in total. The molecular weight excluding hydrogens is 428 g/mol. The van der Waals surface area contributed by atoms with Crippen molar-refractivity contribution < 1.29 is 23.8 Å². The summed E-state index contributed by atoms with van der Waals surface area (Å²) in [5.74, 6) is 2.06. The van der Waals surface area contributed by atoms with Crippen molar-refractivity contribution >= 4 is 11.9 Å². The summed E-state index contributed by atoms with van der Waals surface area (Å²) in [5.41, 5.74) is 2.69. The van der Waals surface area contributed by atoms with Crippen LogP contribution in [0.15, 0.2) is 49.1 Å². The Morgan fingerprint density at radius 1 is 1.03 bits per heavy atom. The van der Waals surface area contributed by atoms with Crippen LogP contribution in [0.3, 0.4) is 0 Å². The zero-order valence-electron chi connectivity index (χ0n) is 20.0. The summed E-state index contributed by atoms with van der Waals surface area (Å²) in [4.78, 5) is 26.0. The van der Waals surface area contributed by atoms with Gasteiger partial charge in [-0.25, -0.2) is 9.59 Å². The topological polar surface area (TPSA) is 61.8 Å². The second kappa shape index (κ2) is 8.94. The predicted molar refractivity (Wildman–Crippen MR) is 129 cm³/mol. The van der Waals surface area contributed by atoms with E-state index in [9.17, 15) is 9.59 Å². The fourth-order valence-corrected chi connectivity index (χ4v) is 7.22. The van der Waals surface area contributed by atoms with Crippen molar-refractivity contribution in [3.8, 4) is 11.5 Å². The van der Waals surface area contributed by atoms with Crippen LogP contribution in [0.2, 0.25) is 0 Å². The molecule has 0 unspecified atom stereocenters. The molecule has 0 radical (unpaired) electrons. The highest BCUT2D eigenvalue weighted by Gasteiger charge is 2.53. The highest BCUT2D eigenvalue weighted by molar-refractivity contribution is 5.95. The third-order valence-corrected chi connectivity index (χ3v) is 8.04. The van der Waals surface area contributed by atoms with Crippen LogP contribution in [0.5, 0.6) is 11.5 Å². The fraction of sp³-hybridized carbons (Fsp3) is 0.448. The number of esters is 2. The summed E-state index contributed by atoms with van der Waals surface area (Å²) in [6.45, 7) is 5.74. The summed E-state index contributed by atoms with van der Waals surface area (Å²) in [6, 6.07) is 10.5. The van der Waals surface area contributed by atoms with Crippen LogP contribution in [0.25, 0.3) is 0 Å². The van der Waals surface area contributed by atoms with E-state index in [0.29, 0.717) is 34.6 Å². The van der Waals surface area contributed by atoms with E-state index in [2.05, 4.69) is 6.58 Å². The maximum Gasteiger partial charge on any atom is 0.343 e. The monoisotopic (exact) mass is 460 g/mol. The molecule has 0 amide bonds. The first-order valence-corrected chi connectivity index (χ1v) is 12.2. The lowest BCUT2D eigenvalue weighted by Gasteiger charge is -2.57. The third kappa shape index (κ3) is 3.91. The molecule has 0 spiro atoms. The molecule has 4 bridgehead atoms. The number of methoxy groups -OCH3 is 1. The van der Waals surface area contributed by atoms with Crippen LogP contribution in [0, 0.1) is 24.7 Å². The highest BCUT2D eigenvalue weighted by Crippen LogP contribution is 2.63. The molecule has 2 aromatic rings. The van der Waals surface area contributed by atoms with E-state index < -0.39 is 11.9 Å². The normalized spacial score (nSPS) is 26.7. The minimum Gasteiger partial charge on any atom is -0.493 e. The molecule has 2 aromatic carbocycles. The Balaban J connectivity index is 1.63. The van der Waals surface area contributed by atoms with E-state index in [1.54, 1.807) is 43.5 Å². The quantitative estimate of drug-likeness (QED) is 0.287. The average molecular weight is 461 g/mol. The number of benzene rings is 2. The molecule has 178 valence electrons. The lowest BCUT2D eigenvalue weighted by molar-refractivity contribution is -0.00667. The maximum absolute atomic E-state index is 13.1. The maximum atomic E-state index is 13.1. The van der Waals surface area contributed by atoms with Gasteiger partial charge >= 0.3 is 11.9 Å². The number of ether oxygens (including phenoxy) is 3. The van der Waals surface area contributed by atoms with E-state index in [-0.39, 0.29) is 17.8 Å². The zero-order valence-corrected chi connectivity index (χ0v) is 20.0. The first-order chi connectivity index (χ1) is 16.4. The van der Waals surface area contributed by atoms with Gasteiger partial charge in [0.2, 0.25) is 0 Å². The van der Waals surface area contributed by atoms with Gasteiger partial charge in [0.05, 0.1) is 18.2 Å². The van der Waals surface area contributed by atoms with Gasteiger partial charge in [0.15, 0.2) is 11.5 Å². The Morgan fingerprint density at radius 2 is 1.65 bits per heavy atom. The van der Waals surface area contributed by atoms with Gasteiger partial charge in [-0.3, -0.25) is 0 Å². The number of carbonyl (C=O) groups is 2. The molecule has 0 aliphatic heterocycles. The molecule has 4 aliphatic carbocycles. The van der Waals surface area contributed by atoms with E-state index in [0.717, 1.165) is 30.4 Å². The van der Waals surface area contributed by atoms with Gasteiger partial charge in [0.25, 0.3) is 0 Å². The SMILES string of the molecule is C=CCOC(=O)c1cc(OC(=O)c2ccccc2)c(OC)c(C23CC4CC(CC(C4)C2)C3)c1C. The standard InChI is InChI=1S/C29H32O5/c1-4-10-33-28(31)23-14-24(34-27(30)22-8-6-5-7-9-22)26(32-3)25(18(23)2)29-15-19-11-20(16-29)13-21(12-19)17-29/h4-9,14,19-21H,1,10-13,15-17H2,2-3H3. The van der Waals surface area contributed by atoms with Gasteiger partial charge < -0.3 is 14.2 Å². The van der Waals surface area contributed by atoms with Crippen LogP contribution in [0.1, 0.15) is 70.4 Å². The van der Waals surface area contributed by atoms with E-state index in [1.807, 2.05) is 13.0 Å². The predicted octanol–water partition coefficient (Wildman–Crippen LogP) is 6.03. The summed E-state index contributed by atoms with van der Waals surface area (Å²) in [7, 11) is 1.62. The van der Waals surface area contributed by atoms with Crippen LogP contribution >= 0.6 is 0 Å². The average Bonchev–Trinajstić information content (AvgIpc) is 2.82. The Hall–Kier alpha value is -3.08. The Kier molecular flexibility index (Phi) is 5.97. The largest absolute Gasteiger partial charge is 0.493 e. The van der Waals surface area contributed by atoms with Crippen molar-refractivity contribution in [2.45, 2.75) is 50.9 Å². The molecule has 0 atom stereocenters. The fourth-order valence-electron chi connectivity index (χ4n) is 7.22. The summed E-state index contributed by atoms with van der Waals surface area (Å²) in [6.07, 6.45) is 8.73. The van der Waals surface area contributed by atoms with Gasteiger partial charge in [-0.1, -0.05) is 30.9 Å². The molecule has 0 aromatic heterocycles. The van der Waals surface area contributed by atoms with Crippen LogP contribution in [-0.2, 0) is 10.2 Å². The number of hydrogen-bond donors (Lipinski definition) is 0. The number of hydrogen-bond acceptors (Lipinski definition) is 5. The first kappa shape index (κ1) is 22.7. The van der Waals surface area contributed by atoms with E-state index >= 15 is 0 Å². The second-order valence-electron chi connectivity index (χ2n) is 10.3. The molecule has 5 heteroatoms. The molecule has 0 N–H and O–H groups in total. The Morgan fingerprint density at radius 3 is 2.21 bits per heavy atom.